The number of likely N-dealkylation sites (N-methyl/N-ethyl adjacent to an activating group) is 1. The molecule has 1 aliphatic rings. The molecule has 2 N–H and O–H groups in total. The van der Waals surface area contributed by atoms with Gasteiger partial charge in [0.1, 0.15) is 5.75 Å². The minimum atomic E-state index is -3.97. The van der Waals surface area contributed by atoms with Crippen molar-refractivity contribution in [2.75, 3.05) is 44.6 Å². The summed E-state index contributed by atoms with van der Waals surface area (Å²) in [6.45, 7) is 10.4. The highest BCUT2D eigenvalue weighted by Crippen LogP contribution is 2.29. The molecule has 41 heavy (non-hydrogen) atoms. The lowest BCUT2D eigenvalue weighted by molar-refractivity contribution is -0.0167. The molecule has 1 aromatic heterocycles. The van der Waals surface area contributed by atoms with Crippen LogP contribution in [0.15, 0.2) is 35.7 Å². The van der Waals surface area contributed by atoms with Gasteiger partial charge in [0.15, 0.2) is 5.03 Å². The number of carbonyl (C=O) groups excluding carboxylic acids is 1. The fourth-order valence-electron chi connectivity index (χ4n) is 4.96. The third-order valence-corrected chi connectivity index (χ3v) is 8.62. The smallest absolute Gasteiger partial charge is 0.280 e. The summed E-state index contributed by atoms with van der Waals surface area (Å²) in [5.74, 6) is 0.000140. The van der Waals surface area contributed by atoms with Crippen molar-refractivity contribution in [3.8, 4) is 5.75 Å². The number of aliphatic hydroxyl groups excluding tert-OH is 1. The lowest BCUT2D eigenvalue weighted by Crippen LogP contribution is -2.47. The number of imidazole rings is 1. The van der Waals surface area contributed by atoms with Gasteiger partial charge in [0, 0.05) is 44.5 Å². The summed E-state index contributed by atoms with van der Waals surface area (Å²) in [6, 6.07) is 4.23. The van der Waals surface area contributed by atoms with E-state index in [9.17, 15) is 18.3 Å². The Morgan fingerprint density at radius 1 is 1.27 bits per heavy atom. The molecule has 0 saturated carbocycles. The van der Waals surface area contributed by atoms with E-state index in [0.29, 0.717) is 18.9 Å². The Morgan fingerprint density at radius 2 is 2.02 bits per heavy atom. The van der Waals surface area contributed by atoms with E-state index in [2.05, 4.69) is 35.5 Å². The van der Waals surface area contributed by atoms with Crippen LogP contribution in [-0.4, -0.2) is 96.9 Å². The first-order chi connectivity index (χ1) is 19.4. The summed E-state index contributed by atoms with van der Waals surface area (Å²) in [4.78, 5) is 22.0. The number of nitrogens with zero attached hydrogens (tertiary/aromatic N) is 4. The molecule has 0 bridgehead atoms. The maximum atomic E-state index is 14.2. The van der Waals surface area contributed by atoms with Gasteiger partial charge in [0.25, 0.3) is 15.9 Å². The fraction of sp³-hybridized carbons (Fsp3) is 0.655. The molecule has 0 aliphatic carbocycles. The Labute approximate surface area is 244 Å². The molecule has 0 radical (unpaired) electrons. The largest absolute Gasteiger partial charge is 0.490 e. The topological polar surface area (TPSA) is 126 Å². The molecule has 230 valence electrons. The highest BCUT2D eigenvalue weighted by atomic mass is 32.2. The monoisotopic (exact) mass is 593 g/mol. The van der Waals surface area contributed by atoms with Crippen molar-refractivity contribution in [3.63, 3.8) is 0 Å². The molecule has 0 fully saturated rings. The number of aliphatic hydroxyl groups is 1. The summed E-state index contributed by atoms with van der Waals surface area (Å²) < 4.78 is 42.6. The van der Waals surface area contributed by atoms with Crippen molar-refractivity contribution >= 4 is 21.6 Å². The van der Waals surface area contributed by atoms with E-state index in [1.54, 1.807) is 35.6 Å². The second-order valence-corrected chi connectivity index (χ2v) is 12.9. The van der Waals surface area contributed by atoms with Crippen LogP contribution in [0.4, 0.5) is 5.69 Å². The van der Waals surface area contributed by atoms with E-state index < -0.39 is 16.1 Å². The highest BCUT2D eigenvalue weighted by molar-refractivity contribution is 7.92. The minimum absolute atomic E-state index is 0.0238. The average molecular weight is 594 g/mol. The first-order valence-corrected chi connectivity index (χ1v) is 16.0. The Kier molecular flexibility index (Phi) is 12.0. The van der Waals surface area contributed by atoms with Crippen LogP contribution in [0.2, 0.25) is 0 Å². The van der Waals surface area contributed by atoms with Gasteiger partial charge in [-0.15, -0.1) is 0 Å². The number of ether oxygens (including phenoxy) is 2. The average Bonchev–Trinajstić information content (AvgIpc) is 3.37. The SMILES string of the molecule is CCCN(C)C[C@H]1OCCCC[C@@H](C)Oc2ccc(NS(=O)(=O)c3cn(C)cn3)cc2C(=O)N([C@H](C)CO)C[C@H]1C. The number of aromatic nitrogens is 2. The van der Waals surface area contributed by atoms with Gasteiger partial charge in [0.2, 0.25) is 0 Å². The van der Waals surface area contributed by atoms with Crippen LogP contribution < -0.4 is 9.46 Å². The van der Waals surface area contributed by atoms with Crippen LogP contribution >= 0.6 is 0 Å². The van der Waals surface area contributed by atoms with Gasteiger partial charge in [-0.05, 0) is 71.3 Å². The van der Waals surface area contributed by atoms with Crippen molar-refractivity contribution < 1.29 is 27.8 Å². The van der Waals surface area contributed by atoms with Crippen LogP contribution in [0.1, 0.15) is 63.7 Å². The Hall–Kier alpha value is -2.67. The lowest BCUT2D eigenvalue weighted by atomic mass is 10.0. The number of anilines is 1. The Morgan fingerprint density at radius 3 is 2.68 bits per heavy atom. The number of hydrogen-bond donors (Lipinski definition) is 2. The third-order valence-electron chi connectivity index (χ3n) is 7.36. The molecule has 3 rings (SSSR count). The van der Waals surface area contributed by atoms with Gasteiger partial charge in [-0.2, -0.15) is 8.42 Å². The number of rotatable bonds is 9. The zero-order valence-electron chi connectivity index (χ0n) is 25.2. The van der Waals surface area contributed by atoms with E-state index >= 15 is 0 Å². The van der Waals surface area contributed by atoms with E-state index in [4.69, 9.17) is 9.47 Å². The van der Waals surface area contributed by atoms with Crippen LogP contribution in [0.25, 0.3) is 0 Å². The zero-order chi connectivity index (χ0) is 30.2. The predicted octanol–water partition coefficient (Wildman–Crippen LogP) is 3.36. The molecular formula is C29H47N5O6S. The molecule has 12 heteroatoms. The number of fused-ring (bicyclic) bond motifs is 1. The molecule has 0 unspecified atom stereocenters. The minimum Gasteiger partial charge on any atom is -0.490 e. The Bertz CT molecular complexity index is 1240. The first kappa shape index (κ1) is 32.8. The van der Waals surface area contributed by atoms with E-state index in [0.717, 1.165) is 38.8 Å². The highest BCUT2D eigenvalue weighted by Gasteiger charge is 2.30. The van der Waals surface area contributed by atoms with E-state index in [-0.39, 0.29) is 46.9 Å². The summed E-state index contributed by atoms with van der Waals surface area (Å²) in [5.41, 5.74) is 0.440. The van der Waals surface area contributed by atoms with Gasteiger partial charge in [0.05, 0.1) is 36.7 Å². The van der Waals surface area contributed by atoms with Crippen LogP contribution in [0.5, 0.6) is 5.75 Å². The molecule has 1 amide bonds. The fourth-order valence-corrected chi connectivity index (χ4v) is 6.00. The summed E-state index contributed by atoms with van der Waals surface area (Å²) in [5, 5.41) is 9.98. The van der Waals surface area contributed by atoms with Gasteiger partial charge < -0.3 is 28.9 Å². The molecular weight excluding hydrogens is 546 g/mol. The number of sulfonamides is 1. The third kappa shape index (κ3) is 9.16. The number of benzene rings is 1. The second kappa shape index (κ2) is 15.0. The number of hydrogen-bond acceptors (Lipinski definition) is 8. The van der Waals surface area contributed by atoms with E-state index in [1.807, 2.05) is 6.92 Å². The summed E-state index contributed by atoms with van der Waals surface area (Å²) >= 11 is 0. The zero-order valence-corrected chi connectivity index (χ0v) is 26.1. The van der Waals surface area contributed by atoms with Gasteiger partial charge in [-0.1, -0.05) is 13.8 Å². The number of aryl methyl sites for hydroxylation is 1. The van der Waals surface area contributed by atoms with Crippen LogP contribution in [0, 0.1) is 5.92 Å². The molecule has 2 heterocycles. The molecule has 2 aromatic rings. The van der Waals surface area contributed by atoms with Crippen LogP contribution in [0.3, 0.4) is 0 Å². The molecule has 4 atom stereocenters. The molecule has 0 spiro atoms. The lowest BCUT2D eigenvalue weighted by Gasteiger charge is -2.35. The quantitative estimate of drug-likeness (QED) is 0.453. The molecule has 1 aromatic carbocycles. The maximum Gasteiger partial charge on any atom is 0.280 e. The normalized spacial score (nSPS) is 22.1. The van der Waals surface area contributed by atoms with E-state index in [1.165, 1.54) is 18.6 Å². The van der Waals surface area contributed by atoms with Gasteiger partial charge >= 0.3 is 0 Å². The number of carbonyl (C=O) groups is 1. The second-order valence-electron chi connectivity index (χ2n) is 11.3. The predicted molar refractivity (Wildman–Crippen MR) is 159 cm³/mol. The Balaban J connectivity index is 2.00. The van der Waals surface area contributed by atoms with Crippen molar-refractivity contribution in [2.45, 2.75) is 76.7 Å². The maximum absolute atomic E-state index is 14.2. The molecule has 11 nitrogen and oxygen atoms in total. The number of nitrogens with one attached hydrogen (secondary N) is 1. The first-order valence-electron chi connectivity index (χ1n) is 14.5. The summed E-state index contributed by atoms with van der Waals surface area (Å²) in [7, 11) is -0.211. The van der Waals surface area contributed by atoms with Crippen molar-refractivity contribution in [1.29, 1.82) is 0 Å². The molecule has 1 aliphatic heterocycles. The van der Waals surface area contributed by atoms with Crippen molar-refractivity contribution in [2.24, 2.45) is 13.0 Å². The van der Waals surface area contributed by atoms with Crippen molar-refractivity contribution in [3.05, 3.63) is 36.3 Å². The molecule has 0 saturated heterocycles. The van der Waals surface area contributed by atoms with Gasteiger partial charge in [-0.25, -0.2) is 4.98 Å². The standard InChI is InChI=1S/C29H47N5O6S/c1-7-13-32(5)17-27-21(2)16-34(22(3)19-35)29(36)25-15-24(31-41(37,38)28-18-33(6)20-30-28)11-12-26(25)40-23(4)10-8-9-14-39-27/h11-12,15,18,20-23,27,31,35H,7-10,13-14,16-17,19H2,1-6H3/t21-,22-,23-,27-/m1/s1. The van der Waals surface area contributed by atoms with Gasteiger partial charge in [-0.3, -0.25) is 9.52 Å². The van der Waals surface area contributed by atoms with Crippen LogP contribution in [-0.2, 0) is 21.8 Å². The summed E-state index contributed by atoms with van der Waals surface area (Å²) in [6.07, 6.45) is 6.15. The number of amides is 1. The van der Waals surface area contributed by atoms with Crippen molar-refractivity contribution in [1.82, 2.24) is 19.4 Å².